The zero-order valence-electron chi connectivity index (χ0n) is 13.4. The Bertz CT molecular complexity index is 883. The number of carboxylic acid groups (broad SMARTS) is 1. The summed E-state index contributed by atoms with van der Waals surface area (Å²) in [5, 5.41) is 12.4. The molecule has 1 saturated heterocycles. The molecule has 1 atom stereocenters. The molecule has 8 heteroatoms. The number of rotatable bonds is 4. The number of nitrogens with one attached hydrogen (secondary N) is 1. The van der Waals surface area contributed by atoms with Crippen molar-refractivity contribution >= 4 is 52.4 Å². The van der Waals surface area contributed by atoms with E-state index in [0.717, 1.165) is 0 Å². The lowest BCUT2D eigenvalue weighted by Crippen LogP contribution is -2.28. The van der Waals surface area contributed by atoms with Gasteiger partial charge in [-0.1, -0.05) is 23.2 Å². The van der Waals surface area contributed by atoms with Crippen molar-refractivity contribution in [1.82, 2.24) is 0 Å². The number of benzene rings is 2. The molecule has 2 N–H and O–H groups in total. The molecule has 0 aromatic heterocycles. The average Bonchev–Trinajstić information content (AvgIpc) is 2.99. The van der Waals surface area contributed by atoms with Gasteiger partial charge in [-0.3, -0.25) is 9.59 Å². The van der Waals surface area contributed by atoms with Crippen molar-refractivity contribution in [2.75, 3.05) is 16.8 Å². The third kappa shape index (κ3) is 3.81. The Morgan fingerprint density at radius 3 is 2.46 bits per heavy atom. The second-order valence-corrected chi connectivity index (χ2v) is 6.72. The van der Waals surface area contributed by atoms with Crippen molar-refractivity contribution in [2.24, 2.45) is 5.92 Å². The number of amides is 2. The first-order valence-electron chi connectivity index (χ1n) is 7.75. The van der Waals surface area contributed by atoms with E-state index >= 15 is 0 Å². The molecule has 0 unspecified atom stereocenters. The van der Waals surface area contributed by atoms with Crippen LogP contribution in [0.5, 0.6) is 0 Å². The largest absolute Gasteiger partial charge is 0.478 e. The summed E-state index contributed by atoms with van der Waals surface area (Å²) in [6, 6.07) is 10.6. The third-order valence-electron chi connectivity index (χ3n) is 4.09. The Kier molecular flexibility index (Phi) is 5.15. The number of hydrogen-bond donors (Lipinski definition) is 2. The van der Waals surface area contributed by atoms with Crippen molar-refractivity contribution in [2.45, 2.75) is 6.42 Å². The molecular formula is C18H14Cl2N2O4. The number of carbonyl (C=O) groups excluding carboxylic acids is 2. The van der Waals surface area contributed by atoms with Crippen molar-refractivity contribution in [3.05, 3.63) is 58.1 Å². The maximum absolute atomic E-state index is 12.4. The molecule has 2 amide bonds. The standard InChI is InChI=1S/C18H14Cl2N2O4/c19-12-3-6-14(20)15(8-12)22-9-11(7-16(22)23)17(24)21-13-4-1-10(2-5-13)18(25)26/h1-6,8,11H,7,9H2,(H,21,24)(H,25,26)/t11-/m0/s1. The molecule has 0 spiro atoms. The van der Waals surface area contributed by atoms with Gasteiger partial charge in [-0.05, 0) is 42.5 Å². The first kappa shape index (κ1) is 18.2. The smallest absolute Gasteiger partial charge is 0.335 e. The fourth-order valence-corrected chi connectivity index (χ4v) is 3.14. The fraction of sp³-hybridized carbons (Fsp3) is 0.167. The third-order valence-corrected chi connectivity index (χ3v) is 4.65. The molecule has 0 saturated carbocycles. The van der Waals surface area contributed by atoms with Gasteiger partial charge in [0.1, 0.15) is 0 Å². The molecule has 1 fully saturated rings. The van der Waals surface area contributed by atoms with Gasteiger partial charge in [-0.2, -0.15) is 0 Å². The van der Waals surface area contributed by atoms with Crippen molar-refractivity contribution in [3.8, 4) is 0 Å². The topological polar surface area (TPSA) is 86.7 Å². The molecule has 0 radical (unpaired) electrons. The lowest BCUT2D eigenvalue weighted by molar-refractivity contribution is -0.122. The molecule has 26 heavy (non-hydrogen) atoms. The van der Waals surface area contributed by atoms with E-state index < -0.39 is 11.9 Å². The monoisotopic (exact) mass is 392 g/mol. The van der Waals surface area contributed by atoms with E-state index in [1.165, 1.54) is 29.2 Å². The predicted molar refractivity (Wildman–Crippen MR) is 99.0 cm³/mol. The van der Waals surface area contributed by atoms with Crippen molar-refractivity contribution in [1.29, 1.82) is 0 Å². The number of hydrogen-bond acceptors (Lipinski definition) is 3. The SMILES string of the molecule is O=C(O)c1ccc(NC(=O)[C@H]2CC(=O)N(c3cc(Cl)ccc3Cl)C2)cc1. The van der Waals surface area contributed by atoms with E-state index in [4.69, 9.17) is 28.3 Å². The second-order valence-electron chi connectivity index (χ2n) is 5.87. The van der Waals surface area contributed by atoms with Crippen LogP contribution in [0.15, 0.2) is 42.5 Å². The minimum Gasteiger partial charge on any atom is -0.478 e. The van der Waals surface area contributed by atoms with Crippen LogP contribution < -0.4 is 10.2 Å². The van der Waals surface area contributed by atoms with Crippen LogP contribution in [0.25, 0.3) is 0 Å². The van der Waals surface area contributed by atoms with Gasteiger partial charge in [-0.25, -0.2) is 4.79 Å². The Hall–Kier alpha value is -2.57. The predicted octanol–water partition coefficient (Wildman–Crippen LogP) is 3.68. The summed E-state index contributed by atoms with van der Waals surface area (Å²) in [7, 11) is 0. The van der Waals surface area contributed by atoms with Gasteiger partial charge in [-0.15, -0.1) is 0 Å². The first-order valence-corrected chi connectivity index (χ1v) is 8.50. The molecule has 2 aromatic carbocycles. The van der Waals surface area contributed by atoms with Gasteiger partial charge in [0.05, 0.1) is 22.2 Å². The van der Waals surface area contributed by atoms with E-state index in [9.17, 15) is 14.4 Å². The summed E-state index contributed by atoms with van der Waals surface area (Å²) in [5.74, 6) is -2.12. The average molecular weight is 393 g/mol. The lowest BCUT2D eigenvalue weighted by atomic mass is 10.1. The molecule has 1 aliphatic heterocycles. The number of anilines is 2. The zero-order chi connectivity index (χ0) is 18.8. The molecule has 2 aromatic rings. The van der Waals surface area contributed by atoms with Crippen molar-refractivity contribution < 1.29 is 19.5 Å². The van der Waals surface area contributed by atoms with E-state index in [-0.39, 0.29) is 30.3 Å². The Morgan fingerprint density at radius 2 is 1.81 bits per heavy atom. The lowest BCUT2D eigenvalue weighted by Gasteiger charge is -2.18. The molecule has 1 heterocycles. The van der Waals surface area contributed by atoms with Crippen LogP contribution in [0, 0.1) is 5.92 Å². The highest BCUT2D eigenvalue weighted by molar-refractivity contribution is 6.36. The van der Waals surface area contributed by atoms with Gasteiger partial charge < -0.3 is 15.3 Å². The number of halogens is 2. The van der Waals surface area contributed by atoms with Crippen molar-refractivity contribution in [3.63, 3.8) is 0 Å². The van der Waals surface area contributed by atoms with Gasteiger partial charge in [0.2, 0.25) is 11.8 Å². The summed E-state index contributed by atoms with van der Waals surface area (Å²) in [6.07, 6.45) is 0.0574. The van der Waals surface area contributed by atoms with Gasteiger partial charge in [0, 0.05) is 23.7 Å². The zero-order valence-corrected chi connectivity index (χ0v) is 14.9. The number of nitrogens with zero attached hydrogens (tertiary/aromatic N) is 1. The molecular weight excluding hydrogens is 379 g/mol. The van der Waals surface area contributed by atoms with Crippen LogP contribution in [0.4, 0.5) is 11.4 Å². The maximum Gasteiger partial charge on any atom is 0.335 e. The summed E-state index contributed by atoms with van der Waals surface area (Å²) >= 11 is 12.1. The van der Waals surface area contributed by atoms with Gasteiger partial charge in [0.25, 0.3) is 0 Å². The highest BCUT2D eigenvalue weighted by atomic mass is 35.5. The van der Waals surface area contributed by atoms with Crippen LogP contribution in [0.1, 0.15) is 16.8 Å². The van der Waals surface area contributed by atoms with Gasteiger partial charge >= 0.3 is 5.97 Å². The number of carbonyl (C=O) groups is 3. The van der Waals surface area contributed by atoms with Crippen LogP contribution in [0.3, 0.4) is 0 Å². The Morgan fingerprint density at radius 1 is 1.12 bits per heavy atom. The highest BCUT2D eigenvalue weighted by Gasteiger charge is 2.36. The van der Waals surface area contributed by atoms with E-state index in [0.29, 0.717) is 21.4 Å². The van der Waals surface area contributed by atoms with Crippen LogP contribution in [0.2, 0.25) is 10.0 Å². The van der Waals surface area contributed by atoms with E-state index in [1.54, 1.807) is 18.2 Å². The molecule has 1 aliphatic rings. The minimum absolute atomic E-state index is 0.0574. The molecule has 6 nitrogen and oxygen atoms in total. The molecule has 134 valence electrons. The summed E-state index contributed by atoms with van der Waals surface area (Å²) in [4.78, 5) is 37.0. The Balaban J connectivity index is 1.70. The first-order chi connectivity index (χ1) is 12.3. The van der Waals surface area contributed by atoms with Gasteiger partial charge in [0.15, 0.2) is 0 Å². The number of carboxylic acids is 1. The minimum atomic E-state index is -1.04. The Labute approximate surface area is 159 Å². The fourth-order valence-electron chi connectivity index (χ4n) is 2.75. The second kappa shape index (κ2) is 7.35. The van der Waals surface area contributed by atoms with E-state index in [1.807, 2.05) is 0 Å². The molecule has 0 aliphatic carbocycles. The molecule has 0 bridgehead atoms. The quantitative estimate of drug-likeness (QED) is 0.830. The van der Waals surface area contributed by atoms with Crippen LogP contribution in [-0.4, -0.2) is 29.4 Å². The van der Waals surface area contributed by atoms with Crippen LogP contribution in [-0.2, 0) is 9.59 Å². The van der Waals surface area contributed by atoms with Crippen LogP contribution >= 0.6 is 23.2 Å². The summed E-state index contributed by atoms with van der Waals surface area (Å²) in [5.41, 5.74) is 1.07. The summed E-state index contributed by atoms with van der Waals surface area (Å²) < 4.78 is 0. The van der Waals surface area contributed by atoms with E-state index in [2.05, 4.69) is 5.32 Å². The summed E-state index contributed by atoms with van der Waals surface area (Å²) in [6.45, 7) is 0.192. The molecule has 3 rings (SSSR count). The maximum atomic E-state index is 12.4. The number of aromatic carboxylic acids is 1. The highest BCUT2D eigenvalue weighted by Crippen LogP contribution is 2.33. The normalized spacial score (nSPS) is 16.6.